The summed E-state index contributed by atoms with van der Waals surface area (Å²) >= 11 is 6.05. The van der Waals surface area contributed by atoms with Gasteiger partial charge in [0.05, 0.1) is 0 Å². The third-order valence-electron chi connectivity index (χ3n) is 4.04. The van der Waals surface area contributed by atoms with Gasteiger partial charge in [-0.05, 0) is 56.5 Å². The molecule has 0 radical (unpaired) electrons. The van der Waals surface area contributed by atoms with E-state index >= 15 is 0 Å². The van der Waals surface area contributed by atoms with Crippen LogP contribution in [0.4, 0.5) is 0 Å². The van der Waals surface area contributed by atoms with Gasteiger partial charge in [0.25, 0.3) is 5.91 Å². The molecule has 1 aliphatic heterocycles. The van der Waals surface area contributed by atoms with E-state index in [-0.39, 0.29) is 5.91 Å². The van der Waals surface area contributed by atoms with Gasteiger partial charge >= 0.3 is 0 Å². The first kappa shape index (κ1) is 16.3. The molecule has 0 bridgehead atoms. The molecule has 0 aromatic heterocycles. The van der Waals surface area contributed by atoms with Crippen molar-refractivity contribution in [2.75, 3.05) is 19.6 Å². The molecule has 1 atom stereocenters. The van der Waals surface area contributed by atoms with Gasteiger partial charge in [0.15, 0.2) is 0 Å². The Kier molecular flexibility index (Phi) is 6.07. The molecule has 1 unspecified atom stereocenters. The number of aryl methyl sites for hydroxylation is 1. The fraction of sp³-hybridized carbons (Fsp3) is 0.588. The highest BCUT2D eigenvalue weighted by Crippen LogP contribution is 2.18. The largest absolute Gasteiger partial charge is 0.337 e. The van der Waals surface area contributed by atoms with Crippen molar-refractivity contribution in [1.29, 1.82) is 0 Å². The summed E-state index contributed by atoms with van der Waals surface area (Å²) in [5.41, 5.74) is 1.69. The van der Waals surface area contributed by atoms with Crippen molar-refractivity contribution in [2.45, 2.75) is 45.6 Å². The normalized spacial score (nSPS) is 18.5. The summed E-state index contributed by atoms with van der Waals surface area (Å²) in [7, 11) is 0. The number of nitrogens with zero attached hydrogens (tertiary/aromatic N) is 1. The fourth-order valence-corrected chi connectivity index (χ4v) is 2.97. The van der Waals surface area contributed by atoms with Crippen LogP contribution in [0.2, 0.25) is 5.02 Å². The number of halogens is 1. The highest BCUT2D eigenvalue weighted by atomic mass is 35.5. The van der Waals surface area contributed by atoms with Crippen molar-refractivity contribution in [3.8, 4) is 0 Å². The monoisotopic (exact) mass is 308 g/mol. The number of hydrogen-bond donors (Lipinski definition) is 1. The second-order valence-corrected chi connectivity index (χ2v) is 6.27. The Morgan fingerprint density at radius 3 is 2.86 bits per heavy atom. The van der Waals surface area contributed by atoms with Crippen LogP contribution in [0.1, 0.15) is 48.5 Å². The van der Waals surface area contributed by atoms with E-state index in [1.165, 1.54) is 12.8 Å². The van der Waals surface area contributed by atoms with Crippen LogP contribution in [0, 0.1) is 6.92 Å². The van der Waals surface area contributed by atoms with E-state index in [0.717, 1.165) is 43.6 Å². The zero-order valence-corrected chi connectivity index (χ0v) is 13.7. The Morgan fingerprint density at radius 2 is 2.24 bits per heavy atom. The van der Waals surface area contributed by atoms with Crippen molar-refractivity contribution in [3.63, 3.8) is 0 Å². The smallest absolute Gasteiger partial charge is 0.253 e. The SMILES string of the molecule is CCCN(CC1CCCCN1)C(=O)c1ccc(Cl)c(C)c1. The molecule has 3 nitrogen and oxygen atoms in total. The highest BCUT2D eigenvalue weighted by Gasteiger charge is 2.21. The summed E-state index contributed by atoms with van der Waals surface area (Å²) in [4.78, 5) is 14.7. The average molecular weight is 309 g/mol. The molecule has 1 heterocycles. The molecular formula is C17H25ClN2O. The van der Waals surface area contributed by atoms with Crippen LogP contribution >= 0.6 is 11.6 Å². The lowest BCUT2D eigenvalue weighted by Crippen LogP contribution is -2.46. The van der Waals surface area contributed by atoms with Crippen LogP contribution in [0.25, 0.3) is 0 Å². The summed E-state index contributed by atoms with van der Waals surface area (Å²) in [6, 6.07) is 5.96. The minimum absolute atomic E-state index is 0.115. The summed E-state index contributed by atoms with van der Waals surface area (Å²) in [6.45, 7) is 6.72. The number of piperidine rings is 1. The lowest BCUT2D eigenvalue weighted by Gasteiger charge is -2.30. The number of benzene rings is 1. The number of rotatable bonds is 5. The molecular weight excluding hydrogens is 284 g/mol. The number of nitrogens with one attached hydrogen (secondary N) is 1. The Hall–Kier alpha value is -1.06. The van der Waals surface area contributed by atoms with E-state index in [1.807, 2.05) is 30.0 Å². The predicted molar refractivity (Wildman–Crippen MR) is 88.0 cm³/mol. The Morgan fingerprint density at radius 1 is 1.43 bits per heavy atom. The van der Waals surface area contributed by atoms with E-state index in [9.17, 15) is 4.79 Å². The quantitative estimate of drug-likeness (QED) is 0.900. The van der Waals surface area contributed by atoms with Gasteiger partial charge in [-0.2, -0.15) is 0 Å². The van der Waals surface area contributed by atoms with Gasteiger partial charge in [-0.1, -0.05) is 24.9 Å². The van der Waals surface area contributed by atoms with E-state index in [4.69, 9.17) is 11.6 Å². The molecule has 1 amide bonds. The van der Waals surface area contributed by atoms with Crippen LogP contribution < -0.4 is 5.32 Å². The summed E-state index contributed by atoms with van der Waals surface area (Å²) in [5, 5.41) is 4.23. The molecule has 1 saturated heterocycles. The molecule has 1 aliphatic rings. The van der Waals surface area contributed by atoms with Gasteiger partial charge in [0, 0.05) is 29.7 Å². The molecule has 0 aliphatic carbocycles. The second kappa shape index (κ2) is 7.81. The zero-order chi connectivity index (χ0) is 15.2. The van der Waals surface area contributed by atoms with Crippen molar-refractivity contribution in [2.24, 2.45) is 0 Å². The molecule has 1 N–H and O–H groups in total. The van der Waals surface area contributed by atoms with E-state index in [2.05, 4.69) is 12.2 Å². The molecule has 116 valence electrons. The number of hydrogen-bond acceptors (Lipinski definition) is 2. The Bertz CT molecular complexity index is 484. The molecule has 1 aromatic rings. The van der Waals surface area contributed by atoms with Gasteiger partial charge in [0.1, 0.15) is 0 Å². The van der Waals surface area contributed by atoms with Crippen LogP contribution in [-0.4, -0.2) is 36.5 Å². The fourth-order valence-electron chi connectivity index (χ4n) is 2.85. The Balaban J connectivity index is 2.08. The first-order chi connectivity index (χ1) is 10.1. The van der Waals surface area contributed by atoms with E-state index in [0.29, 0.717) is 11.1 Å². The van der Waals surface area contributed by atoms with Crippen LogP contribution in [0.5, 0.6) is 0 Å². The number of carbonyl (C=O) groups excluding carboxylic acids is 1. The molecule has 0 spiro atoms. The maximum Gasteiger partial charge on any atom is 0.253 e. The predicted octanol–water partition coefficient (Wildman–Crippen LogP) is 3.64. The van der Waals surface area contributed by atoms with Crippen LogP contribution in [-0.2, 0) is 0 Å². The van der Waals surface area contributed by atoms with Crippen molar-refractivity contribution >= 4 is 17.5 Å². The summed E-state index contributed by atoms with van der Waals surface area (Å²) in [5.74, 6) is 0.115. The van der Waals surface area contributed by atoms with Crippen molar-refractivity contribution < 1.29 is 4.79 Å². The van der Waals surface area contributed by atoms with Crippen LogP contribution in [0.15, 0.2) is 18.2 Å². The van der Waals surface area contributed by atoms with Gasteiger partial charge in [-0.25, -0.2) is 0 Å². The van der Waals surface area contributed by atoms with Gasteiger partial charge in [-0.15, -0.1) is 0 Å². The Labute approximate surface area is 132 Å². The zero-order valence-electron chi connectivity index (χ0n) is 13.0. The number of amides is 1. The topological polar surface area (TPSA) is 32.3 Å². The van der Waals surface area contributed by atoms with E-state index < -0.39 is 0 Å². The van der Waals surface area contributed by atoms with E-state index in [1.54, 1.807) is 0 Å². The highest BCUT2D eigenvalue weighted by molar-refractivity contribution is 6.31. The van der Waals surface area contributed by atoms with Crippen molar-refractivity contribution in [1.82, 2.24) is 10.2 Å². The standard InChI is InChI=1S/C17H25ClN2O/c1-3-10-20(12-15-6-4-5-9-19-15)17(21)14-7-8-16(18)13(2)11-14/h7-8,11,15,19H,3-6,9-10,12H2,1-2H3. The molecule has 21 heavy (non-hydrogen) atoms. The first-order valence-electron chi connectivity index (χ1n) is 7.90. The third kappa shape index (κ3) is 4.45. The average Bonchev–Trinajstić information content (AvgIpc) is 2.50. The number of carbonyl (C=O) groups is 1. The maximum atomic E-state index is 12.7. The minimum Gasteiger partial charge on any atom is -0.337 e. The van der Waals surface area contributed by atoms with Gasteiger partial charge in [-0.3, -0.25) is 4.79 Å². The van der Waals surface area contributed by atoms with Gasteiger partial charge < -0.3 is 10.2 Å². The minimum atomic E-state index is 0.115. The molecule has 1 aromatic carbocycles. The van der Waals surface area contributed by atoms with Gasteiger partial charge in [0.2, 0.25) is 0 Å². The molecule has 1 fully saturated rings. The lowest BCUT2D eigenvalue weighted by atomic mass is 10.0. The summed E-state index contributed by atoms with van der Waals surface area (Å²) in [6.07, 6.45) is 4.64. The summed E-state index contributed by atoms with van der Waals surface area (Å²) < 4.78 is 0. The maximum absolute atomic E-state index is 12.7. The first-order valence-corrected chi connectivity index (χ1v) is 8.28. The van der Waals surface area contributed by atoms with Crippen LogP contribution in [0.3, 0.4) is 0 Å². The molecule has 0 saturated carbocycles. The molecule has 4 heteroatoms. The third-order valence-corrected chi connectivity index (χ3v) is 4.46. The molecule has 2 rings (SSSR count). The van der Waals surface area contributed by atoms with Crippen molar-refractivity contribution in [3.05, 3.63) is 34.3 Å². The lowest BCUT2D eigenvalue weighted by molar-refractivity contribution is 0.0731. The second-order valence-electron chi connectivity index (χ2n) is 5.86.